The molecule has 1 atom stereocenters. The van der Waals surface area contributed by atoms with Gasteiger partial charge in [-0.05, 0) is 0 Å². The highest BCUT2D eigenvalue weighted by Crippen LogP contribution is 2.39. The summed E-state index contributed by atoms with van der Waals surface area (Å²) in [4.78, 5) is 15.7. The lowest BCUT2D eigenvalue weighted by Crippen LogP contribution is -2.26. The van der Waals surface area contributed by atoms with E-state index in [4.69, 9.17) is 33.9 Å². The van der Waals surface area contributed by atoms with Gasteiger partial charge in [-0.25, -0.2) is 8.42 Å². The quantitative estimate of drug-likeness (QED) is 0.598. The average molecular weight is 380 g/mol. The summed E-state index contributed by atoms with van der Waals surface area (Å²) < 4.78 is 48.8. The summed E-state index contributed by atoms with van der Waals surface area (Å²) in [6, 6.07) is 0. The molecule has 2 rings (SSSR count). The van der Waals surface area contributed by atoms with Crippen LogP contribution < -0.4 is 4.90 Å². The monoisotopic (exact) mass is 378 g/mol. The minimum Gasteiger partial charge on any atom is -0.309 e. The number of aromatic nitrogens is 1. The molecule has 1 aromatic rings. The van der Waals surface area contributed by atoms with Crippen molar-refractivity contribution in [2.24, 2.45) is 5.92 Å². The molecule has 116 valence electrons. The van der Waals surface area contributed by atoms with Gasteiger partial charge in [0, 0.05) is 29.6 Å². The number of halogens is 5. The number of carbonyl (C=O) groups excluding carboxylic acids is 1. The molecule has 1 fully saturated rings. The van der Waals surface area contributed by atoms with Gasteiger partial charge in [0.1, 0.15) is 10.0 Å². The van der Waals surface area contributed by atoms with Gasteiger partial charge in [0.05, 0.1) is 11.4 Å². The fourth-order valence-corrected chi connectivity index (χ4v) is 3.95. The van der Waals surface area contributed by atoms with Gasteiger partial charge in [-0.2, -0.15) is 13.8 Å². The van der Waals surface area contributed by atoms with E-state index in [0.29, 0.717) is 0 Å². The summed E-state index contributed by atoms with van der Waals surface area (Å²) in [6.45, 7) is -0.118. The van der Waals surface area contributed by atoms with Crippen molar-refractivity contribution < 1.29 is 22.0 Å². The van der Waals surface area contributed by atoms with Crippen LogP contribution in [0.4, 0.5) is 14.5 Å². The van der Waals surface area contributed by atoms with E-state index in [2.05, 4.69) is 4.98 Å². The normalized spacial score (nSPS) is 19.4. The molecule has 0 spiro atoms. The van der Waals surface area contributed by atoms with Crippen LogP contribution in [-0.2, 0) is 13.8 Å². The van der Waals surface area contributed by atoms with Crippen molar-refractivity contribution in [3.05, 3.63) is 21.9 Å². The number of pyridine rings is 1. The molecular weight excluding hydrogens is 373 g/mol. The molecule has 0 saturated carbocycles. The molecule has 0 aliphatic carbocycles. The van der Waals surface area contributed by atoms with Crippen molar-refractivity contribution in [1.29, 1.82) is 0 Å². The fraction of sp³-hybridized carbons (Fsp3) is 0.400. The van der Waals surface area contributed by atoms with E-state index in [9.17, 15) is 22.0 Å². The topological polar surface area (TPSA) is 67.3 Å². The fourth-order valence-electron chi connectivity index (χ4n) is 2.10. The van der Waals surface area contributed by atoms with Gasteiger partial charge in [-0.3, -0.25) is 4.79 Å². The highest BCUT2D eigenvalue weighted by Gasteiger charge is 2.36. The molecule has 1 aliphatic rings. The zero-order valence-electron chi connectivity index (χ0n) is 10.1. The molecule has 1 saturated heterocycles. The largest absolute Gasteiger partial charge is 0.309 e. The number of carbonyl (C=O) groups is 1. The van der Waals surface area contributed by atoms with Gasteiger partial charge >= 0.3 is 0 Å². The maximum absolute atomic E-state index is 13.4. The summed E-state index contributed by atoms with van der Waals surface area (Å²) in [5.74, 6) is -4.24. The third kappa shape index (κ3) is 3.56. The lowest BCUT2D eigenvalue weighted by Gasteiger charge is -2.19. The van der Waals surface area contributed by atoms with Crippen molar-refractivity contribution in [3.8, 4) is 0 Å². The molecule has 1 aliphatic heterocycles. The summed E-state index contributed by atoms with van der Waals surface area (Å²) in [5, 5.41) is -1.21. The minimum absolute atomic E-state index is 0.118. The molecule has 5 nitrogen and oxygen atoms in total. The molecule has 1 amide bonds. The van der Waals surface area contributed by atoms with Gasteiger partial charge in [0.25, 0.3) is 0 Å². The highest BCUT2D eigenvalue weighted by atomic mass is 35.7. The van der Waals surface area contributed by atoms with E-state index in [1.807, 2.05) is 0 Å². The molecule has 21 heavy (non-hydrogen) atoms. The molecule has 1 aromatic heterocycles. The predicted octanol–water partition coefficient (Wildman–Crippen LogP) is 2.59. The van der Waals surface area contributed by atoms with Crippen molar-refractivity contribution in [2.45, 2.75) is 6.42 Å². The van der Waals surface area contributed by atoms with Crippen LogP contribution in [0.3, 0.4) is 0 Å². The lowest BCUT2D eigenvalue weighted by molar-refractivity contribution is -0.117. The average Bonchev–Trinajstić information content (AvgIpc) is 2.66. The molecule has 0 bridgehead atoms. The Morgan fingerprint density at radius 2 is 1.76 bits per heavy atom. The van der Waals surface area contributed by atoms with Gasteiger partial charge in [0.15, 0.2) is 0 Å². The number of anilines is 1. The Morgan fingerprint density at radius 1 is 1.24 bits per heavy atom. The Morgan fingerprint density at radius 3 is 2.24 bits per heavy atom. The summed E-state index contributed by atoms with van der Waals surface area (Å²) in [7, 11) is 1.32. The number of nitrogens with zero attached hydrogens (tertiary/aromatic N) is 2. The Balaban J connectivity index is 2.38. The van der Waals surface area contributed by atoms with E-state index in [0.717, 1.165) is 4.90 Å². The second-order valence-electron chi connectivity index (χ2n) is 4.45. The van der Waals surface area contributed by atoms with E-state index in [1.165, 1.54) is 0 Å². The third-order valence-electron chi connectivity index (χ3n) is 2.88. The van der Waals surface area contributed by atoms with Crippen molar-refractivity contribution >= 4 is 54.5 Å². The Bertz CT molecular complexity index is 688. The van der Waals surface area contributed by atoms with Gasteiger partial charge in [0.2, 0.25) is 26.9 Å². The molecule has 0 radical (unpaired) electrons. The second-order valence-corrected chi connectivity index (χ2v) is 8.03. The van der Waals surface area contributed by atoms with Crippen LogP contribution in [0.1, 0.15) is 6.42 Å². The van der Waals surface area contributed by atoms with Gasteiger partial charge in [-0.1, -0.05) is 23.2 Å². The van der Waals surface area contributed by atoms with E-state index >= 15 is 0 Å². The van der Waals surface area contributed by atoms with E-state index in [1.54, 1.807) is 0 Å². The van der Waals surface area contributed by atoms with Crippen LogP contribution in [0, 0.1) is 17.8 Å². The SMILES string of the molecule is O=C1CC(CS(=O)(=O)Cl)CN1c1c(Cl)c(F)nc(F)c1Cl. The summed E-state index contributed by atoms with van der Waals surface area (Å²) in [6.07, 6.45) is -0.149. The molecule has 11 heteroatoms. The first-order chi connectivity index (χ1) is 9.60. The predicted molar refractivity (Wildman–Crippen MR) is 74.3 cm³/mol. The van der Waals surface area contributed by atoms with Gasteiger partial charge in [-0.15, -0.1) is 0 Å². The first kappa shape index (κ1) is 16.7. The Labute approximate surface area is 133 Å². The van der Waals surface area contributed by atoms with Crippen LogP contribution >= 0.6 is 33.9 Å². The molecule has 0 N–H and O–H groups in total. The van der Waals surface area contributed by atoms with Crippen molar-refractivity contribution in [3.63, 3.8) is 0 Å². The maximum Gasteiger partial charge on any atom is 0.236 e. The molecular formula is C10H7Cl3F2N2O3S. The smallest absolute Gasteiger partial charge is 0.236 e. The number of amides is 1. The highest BCUT2D eigenvalue weighted by molar-refractivity contribution is 8.13. The Hall–Kier alpha value is -0.700. The number of rotatable bonds is 3. The standard InChI is InChI=1S/C10H7Cl3F2N2O3S/c11-6-8(7(12)10(15)16-9(6)14)17-2-4(1-5(17)18)3-21(13,19)20/h4H,1-3H2. The molecule has 1 unspecified atom stereocenters. The van der Waals surface area contributed by atoms with Crippen molar-refractivity contribution in [1.82, 2.24) is 4.98 Å². The Kier molecular flexibility index (Phi) is 4.63. The number of hydrogen-bond acceptors (Lipinski definition) is 4. The molecule has 0 aromatic carbocycles. The molecule has 2 heterocycles. The maximum atomic E-state index is 13.4. The van der Waals surface area contributed by atoms with Crippen LogP contribution in [0.2, 0.25) is 10.0 Å². The summed E-state index contributed by atoms with van der Waals surface area (Å²) in [5.41, 5.74) is -0.359. The van der Waals surface area contributed by atoms with Crippen LogP contribution in [0.25, 0.3) is 0 Å². The van der Waals surface area contributed by atoms with E-state index in [-0.39, 0.29) is 18.7 Å². The van der Waals surface area contributed by atoms with Crippen molar-refractivity contribution in [2.75, 3.05) is 17.2 Å². The second kappa shape index (κ2) is 5.83. The lowest BCUT2D eigenvalue weighted by atomic mass is 10.1. The minimum atomic E-state index is -3.81. The summed E-state index contributed by atoms with van der Waals surface area (Å²) >= 11 is 11.3. The van der Waals surface area contributed by atoms with Crippen LogP contribution in [0.5, 0.6) is 0 Å². The third-order valence-corrected chi connectivity index (χ3v) is 4.80. The number of hydrogen-bond donors (Lipinski definition) is 0. The van der Waals surface area contributed by atoms with Crippen LogP contribution in [-0.4, -0.2) is 31.6 Å². The van der Waals surface area contributed by atoms with Crippen LogP contribution in [0.15, 0.2) is 0 Å². The van der Waals surface area contributed by atoms with E-state index < -0.39 is 48.6 Å². The first-order valence-electron chi connectivity index (χ1n) is 5.53. The zero-order valence-corrected chi connectivity index (χ0v) is 13.2. The zero-order chi connectivity index (χ0) is 15.9. The first-order valence-corrected chi connectivity index (χ1v) is 8.76. The van der Waals surface area contributed by atoms with Gasteiger partial charge < -0.3 is 4.90 Å².